The van der Waals surface area contributed by atoms with Gasteiger partial charge in [0.15, 0.2) is 0 Å². The molecule has 0 aliphatic carbocycles. The number of aliphatic hydroxyl groups is 1. The molecule has 0 bridgehead atoms. The van der Waals surface area contributed by atoms with Crippen LogP contribution in [-0.2, 0) is 0 Å². The van der Waals surface area contributed by atoms with E-state index in [1.807, 2.05) is 37.3 Å². The highest BCUT2D eigenvalue weighted by Gasteiger charge is 2.36. The number of aliphatic hydroxyl groups excluding tert-OH is 1. The third kappa shape index (κ3) is 2.91. The van der Waals surface area contributed by atoms with Crippen molar-refractivity contribution < 1.29 is 14.6 Å². The molecule has 1 aliphatic rings. The van der Waals surface area contributed by atoms with Crippen molar-refractivity contribution in [2.24, 2.45) is 0 Å². The highest BCUT2D eigenvalue weighted by Crippen LogP contribution is 2.22. The van der Waals surface area contributed by atoms with Crippen molar-refractivity contribution in [3.63, 3.8) is 0 Å². The summed E-state index contributed by atoms with van der Waals surface area (Å²) in [6.07, 6.45) is -1.08. The smallest absolute Gasteiger partial charge is 0.266 e. The molecule has 1 aromatic carbocycles. The Labute approximate surface area is 126 Å². The Kier molecular flexibility index (Phi) is 3.90. The van der Waals surface area contributed by atoms with Gasteiger partial charge in [0.05, 0.1) is 24.3 Å². The fourth-order valence-electron chi connectivity index (χ4n) is 2.36. The van der Waals surface area contributed by atoms with Crippen LogP contribution in [0, 0.1) is 6.92 Å². The molecule has 1 amide bonds. The van der Waals surface area contributed by atoms with Crippen LogP contribution in [0.2, 0.25) is 0 Å². The molecule has 0 unspecified atom stereocenters. The van der Waals surface area contributed by atoms with Gasteiger partial charge in [-0.25, -0.2) is 4.98 Å². The van der Waals surface area contributed by atoms with Crippen molar-refractivity contribution >= 4 is 17.2 Å². The quantitative estimate of drug-likeness (QED) is 0.938. The molecule has 110 valence electrons. The Balaban J connectivity index is 1.69. The number of aromatic nitrogens is 1. The standard InChI is InChI=1S/C15H16N2O3S/c1-10-14(21-9-16-10)15(19)17-7-12(18)13(8-17)20-11-5-3-2-4-6-11/h2-6,9,12-13,18H,7-8H2,1H3/t12-,13-/m1/s1. The third-order valence-corrected chi connectivity index (χ3v) is 4.41. The maximum Gasteiger partial charge on any atom is 0.266 e. The van der Waals surface area contributed by atoms with Crippen LogP contribution in [0.5, 0.6) is 5.75 Å². The predicted octanol–water partition coefficient (Wildman–Crippen LogP) is 1.72. The number of β-amino-alcohol motifs (C(OH)–C–C–N with tert-alkyl or cyclic N) is 1. The zero-order valence-electron chi connectivity index (χ0n) is 11.6. The van der Waals surface area contributed by atoms with Crippen LogP contribution in [0.1, 0.15) is 15.4 Å². The zero-order chi connectivity index (χ0) is 14.8. The first-order valence-electron chi connectivity index (χ1n) is 6.74. The lowest BCUT2D eigenvalue weighted by Gasteiger charge is -2.17. The zero-order valence-corrected chi connectivity index (χ0v) is 12.4. The van der Waals surface area contributed by atoms with Gasteiger partial charge in [-0.2, -0.15) is 0 Å². The molecule has 21 heavy (non-hydrogen) atoms. The molecular formula is C15H16N2O3S. The lowest BCUT2D eigenvalue weighted by atomic mass is 10.2. The topological polar surface area (TPSA) is 62.7 Å². The number of ether oxygens (including phenoxy) is 1. The summed E-state index contributed by atoms with van der Waals surface area (Å²) in [7, 11) is 0. The highest BCUT2D eigenvalue weighted by atomic mass is 32.1. The van der Waals surface area contributed by atoms with Crippen LogP contribution < -0.4 is 4.74 Å². The van der Waals surface area contributed by atoms with Crippen molar-refractivity contribution in [2.45, 2.75) is 19.1 Å². The van der Waals surface area contributed by atoms with Crippen LogP contribution in [-0.4, -0.2) is 46.2 Å². The summed E-state index contributed by atoms with van der Waals surface area (Å²) >= 11 is 1.33. The molecule has 0 radical (unpaired) electrons. The summed E-state index contributed by atoms with van der Waals surface area (Å²) in [6, 6.07) is 9.33. The second-order valence-corrected chi connectivity index (χ2v) is 5.87. The van der Waals surface area contributed by atoms with Gasteiger partial charge in [-0.15, -0.1) is 11.3 Å². The minimum absolute atomic E-state index is 0.0896. The minimum Gasteiger partial charge on any atom is -0.486 e. The van der Waals surface area contributed by atoms with Crippen molar-refractivity contribution in [3.8, 4) is 5.75 Å². The summed E-state index contributed by atoms with van der Waals surface area (Å²) in [5.74, 6) is 0.609. The Morgan fingerprint density at radius 3 is 2.81 bits per heavy atom. The molecule has 2 aromatic rings. The first-order valence-corrected chi connectivity index (χ1v) is 7.62. The second-order valence-electron chi connectivity index (χ2n) is 5.01. The van der Waals surface area contributed by atoms with E-state index in [0.717, 1.165) is 5.69 Å². The van der Waals surface area contributed by atoms with Crippen LogP contribution in [0.4, 0.5) is 0 Å². The Morgan fingerprint density at radius 2 is 2.14 bits per heavy atom. The van der Waals surface area contributed by atoms with Gasteiger partial charge in [0.2, 0.25) is 0 Å². The van der Waals surface area contributed by atoms with Gasteiger partial charge in [0.25, 0.3) is 5.91 Å². The Morgan fingerprint density at radius 1 is 1.38 bits per heavy atom. The molecule has 1 saturated heterocycles. The maximum atomic E-state index is 12.4. The normalized spacial score (nSPS) is 21.5. The molecule has 1 aliphatic heterocycles. The van der Waals surface area contributed by atoms with E-state index in [2.05, 4.69) is 4.98 Å². The molecule has 0 spiro atoms. The van der Waals surface area contributed by atoms with Crippen molar-refractivity contribution in [3.05, 3.63) is 46.4 Å². The van der Waals surface area contributed by atoms with E-state index in [0.29, 0.717) is 17.2 Å². The van der Waals surface area contributed by atoms with E-state index in [1.165, 1.54) is 11.3 Å². The number of para-hydroxylation sites is 1. The van der Waals surface area contributed by atoms with E-state index in [9.17, 15) is 9.90 Å². The molecule has 0 saturated carbocycles. The molecule has 3 rings (SSSR count). The largest absolute Gasteiger partial charge is 0.486 e. The molecule has 2 atom stereocenters. The first-order chi connectivity index (χ1) is 10.1. The number of thiazole rings is 1. The molecule has 5 nitrogen and oxygen atoms in total. The van der Waals surface area contributed by atoms with Crippen LogP contribution in [0.25, 0.3) is 0 Å². The number of rotatable bonds is 3. The number of nitrogens with zero attached hydrogens (tertiary/aromatic N) is 2. The van der Waals surface area contributed by atoms with Gasteiger partial charge < -0.3 is 14.7 Å². The Bertz CT molecular complexity index is 629. The number of carbonyl (C=O) groups is 1. The number of amides is 1. The van der Waals surface area contributed by atoms with Gasteiger partial charge >= 0.3 is 0 Å². The maximum absolute atomic E-state index is 12.4. The van der Waals surface area contributed by atoms with E-state index < -0.39 is 12.2 Å². The number of likely N-dealkylation sites (tertiary alicyclic amines) is 1. The molecule has 6 heteroatoms. The van der Waals surface area contributed by atoms with Crippen molar-refractivity contribution in [2.75, 3.05) is 13.1 Å². The SMILES string of the molecule is Cc1ncsc1C(=O)N1C[C@@H](O)[C@H](Oc2ccccc2)C1. The van der Waals surface area contributed by atoms with Crippen molar-refractivity contribution in [1.82, 2.24) is 9.88 Å². The van der Waals surface area contributed by atoms with Crippen LogP contribution in [0.15, 0.2) is 35.8 Å². The fraction of sp³-hybridized carbons (Fsp3) is 0.333. The average molecular weight is 304 g/mol. The molecule has 1 N–H and O–H groups in total. The summed E-state index contributed by atoms with van der Waals surface area (Å²) in [5, 5.41) is 10.1. The van der Waals surface area contributed by atoms with Crippen LogP contribution >= 0.6 is 11.3 Å². The molecule has 2 heterocycles. The monoisotopic (exact) mass is 304 g/mol. The summed E-state index contributed by atoms with van der Waals surface area (Å²) in [6.45, 7) is 2.48. The van der Waals surface area contributed by atoms with Gasteiger partial charge in [-0.1, -0.05) is 18.2 Å². The van der Waals surface area contributed by atoms with E-state index in [1.54, 1.807) is 10.4 Å². The van der Waals surface area contributed by atoms with Crippen molar-refractivity contribution in [1.29, 1.82) is 0 Å². The second kappa shape index (κ2) is 5.83. The molecule has 1 aromatic heterocycles. The number of carbonyl (C=O) groups excluding carboxylic acids is 1. The molecular weight excluding hydrogens is 288 g/mol. The predicted molar refractivity (Wildman–Crippen MR) is 79.6 cm³/mol. The van der Waals surface area contributed by atoms with E-state index in [4.69, 9.17) is 4.74 Å². The van der Waals surface area contributed by atoms with Gasteiger partial charge in [0.1, 0.15) is 22.8 Å². The summed E-state index contributed by atoms with van der Waals surface area (Å²) < 4.78 is 5.76. The number of hydrogen-bond donors (Lipinski definition) is 1. The minimum atomic E-state index is -0.678. The van der Waals surface area contributed by atoms with E-state index >= 15 is 0 Å². The van der Waals surface area contributed by atoms with E-state index in [-0.39, 0.29) is 12.5 Å². The van der Waals surface area contributed by atoms with Crippen LogP contribution in [0.3, 0.4) is 0 Å². The van der Waals surface area contributed by atoms with Gasteiger partial charge in [-0.05, 0) is 19.1 Å². The third-order valence-electron chi connectivity index (χ3n) is 3.49. The Hall–Kier alpha value is -1.92. The number of aryl methyl sites for hydroxylation is 1. The lowest BCUT2D eigenvalue weighted by molar-refractivity contribution is 0.0730. The van der Waals surface area contributed by atoms with Gasteiger partial charge in [0, 0.05) is 0 Å². The first kappa shape index (κ1) is 14.0. The highest BCUT2D eigenvalue weighted by molar-refractivity contribution is 7.11. The number of hydrogen-bond acceptors (Lipinski definition) is 5. The fourth-order valence-corrected chi connectivity index (χ4v) is 3.13. The molecule has 1 fully saturated rings. The number of benzene rings is 1. The van der Waals surface area contributed by atoms with Gasteiger partial charge in [-0.3, -0.25) is 4.79 Å². The summed E-state index contributed by atoms with van der Waals surface area (Å²) in [4.78, 5) is 18.7. The summed E-state index contributed by atoms with van der Waals surface area (Å²) in [5.41, 5.74) is 2.39. The average Bonchev–Trinajstić information content (AvgIpc) is 3.06. The lowest BCUT2D eigenvalue weighted by Crippen LogP contribution is -2.31.